The summed E-state index contributed by atoms with van der Waals surface area (Å²) in [4.78, 5) is 36.3. The van der Waals surface area contributed by atoms with Crippen LogP contribution in [0, 0.1) is 5.82 Å². The van der Waals surface area contributed by atoms with E-state index in [0.717, 1.165) is 12.8 Å². The van der Waals surface area contributed by atoms with E-state index in [-0.39, 0.29) is 30.3 Å². The molecule has 2 aromatic carbocycles. The largest absolute Gasteiger partial charge is 0.508 e. The number of para-hydroxylation sites is 1. The molecular formula is C34H50FN3O8S. The van der Waals surface area contributed by atoms with Crippen molar-refractivity contribution in [1.82, 2.24) is 10.6 Å². The zero-order chi connectivity index (χ0) is 34.6. The Hall–Kier alpha value is -4.07. The smallest absolute Gasteiger partial charge is 0.322 e. The Balaban J connectivity index is 0.00000407. The lowest BCUT2D eigenvalue weighted by molar-refractivity contribution is -0.137. The number of carboxylic acids is 1. The summed E-state index contributed by atoms with van der Waals surface area (Å²) in [6, 6.07) is 15.4. The van der Waals surface area contributed by atoms with E-state index in [0.29, 0.717) is 35.6 Å². The molecule has 2 amide bonds. The van der Waals surface area contributed by atoms with Gasteiger partial charge in [0.2, 0.25) is 5.91 Å². The van der Waals surface area contributed by atoms with Crippen molar-refractivity contribution >= 4 is 35.2 Å². The van der Waals surface area contributed by atoms with Gasteiger partial charge in [-0.3, -0.25) is 14.4 Å². The summed E-state index contributed by atoms with van der Waals surface area (Å²) in [7, 11) is 1.00. The van der Waals surface area contributed by atoms with Crippen molar-refractivity contribution in [2.75, 3.05) is 44.0 Å². The van der Waals surface area contributed by atoms with Crippen LogP contribution >= 0.6 is 11.8 Å². The highest BCUT2D eigenvalue weighted by Gasteiger charge is 2.41. The number of hydrogen-bond donors (Lipinski definition) is 6. The molecule has 3 rings (SSSR count). The van der Waals surface area contributed by atoms with Gasteiger partial charge in [-0.1, -0.05) is 58.5 Å². The average molecular weight is 680 g/mol. The number of rotatable bonds is 15. The van der Waals surface area contributed by atoms with Crippen LogP contribution in [-0.2, 0) is 19.1 Å². The fourth-order valence-electron chi connectivity index (χ4n) is 4.30. The first-order chi connectivity index (χ1) is 22.1. The van der Waals surface area contributed by atoms with E-state index >= 15 is 0 Å². The van der Waals surface area contributed by atoms with E-state index in [1.807, 2.05) is 51.1 Å². The lowest BCUT2D eigenvalue weighted by Gasteiger charge is -2.50. The van der Waals surface area contributed by atoms with Gasteiger partial charge < -0.3 is 40.7 Å². The van der Waals surface area contributed by atoms with Gasteiger partial charge in [0.05, 0.1) is 18.7 Å². The van der Waals surface area contributed by atoms with Crippen LogP contribution in [0.15, 0.2) is 77.8 Å². The van der Waals surface area contributed by atoms with Gasteiger partial charge in [0, 0.05) is 42.8 Å². The Morgan fingerprint density at radius 3 is 2.19 bits per heavy atom. The average Bonchev–Trinajstić information content (AvgIpc) is 3.06. The number of aliphatic hydroxyl groups is 3. The number of hydrogen-bond acceptors (Lipinski definition) is 9. The molecule has 0 saturated carbocycles. The Morgan fingerprint density at radius 2 is 1.62 bits per heavy atom. The minimum Gasteiger partial charge on any atom is -0.508 e. The van der Waals surface area contributed by atoms with Gasteiger partial charge in [0.25, 0.3) is 5.91 Å². The first-order valence-electron chi connectivity index (χ1n) is 14.9. The molecule has 1 fully saturated rings. The summed E-state index contributed by atoms with van der Waals surface area (Å²) in [5, 5.41) is 41.8. The van der Waals surface area contributed by atoms with Crippen LogP contribution in [-0.4, -0.2) is 88.6 Å². The number of nitrogens with one attached hydrogen (secondary N) is 2. The molecule has 2 aromatic rings. The maximum atomic E-state index is 13.3. The second-order valence-corrected chi connectivity index (χ2v) is 10.9. The van der Waals surface area contributed by atoms with E-state index in [9.17, 15) is 29.0 Å². The van der Waals surface area contributed by atoms with Gasteiger partial charge in [-0.25, -0.2) is 4.39 Å². The Labute approximate surface area is 281 Å². The Morgan fingerprint density at radius 1 is 1.02 bits per heavy atom. The number of anilines is 1. The molecule has 262 valence electrons. The molecule has 3 unspecified atom stereocenters. The van der Waals surface area contributed by atoms with E-state index in [4.69, 9.17) is 14.9 Å². The number of aliphatic hydroxyl groups excluding tert-OH is 3. The van der Waals surface area contributed by atoms with Gasteiger partial charge >= 0.3 is 5.97 Å². The first kappa shape index (κ1) is 42.9. The highest BCUT2D eigenvalue weighted by atomic mass is 32.2. The van der Waals surface area contributed by atoms with Crippen LogP contribution in [0.4, 0.5) is 10.1 Å². The molecule has 13 heteroatoms. The van der Waals surface area contributed by atoms with Crippen LogP contribution < -0.4 is 15.5 Å². The first-order valence-corrected chi connectivity index (χ1v) is 15.9. The minimum atomic E-state index is -1.19. The second-order valence-electron chi connectivity index (χ2n) is 9.64. The number of amides is 2. The summed E-state index contributed by atoms with van der Waals surface area (Å²) in [6.45, 7) is 7.00. The van der Waals surface area contributed by atoms with E-state index < -0.39 is 43.6 Å². The number of carbonyl (C=O) groups excluding carboxylic acids is 2. The predicted molar refractivity (Wildman–Crippen MR) is 185 cm³/mol. The fraction of sp³-hybridized carbons (Fsp3) is 0.441. The molecule has 47 heavy (non-hydrogen) atoms. The van der Waals surface area contributed by atoms with Crippen molar-refractivity contribution in [3.63, 3.8) is 0 Å². The molecule has 1 saturated heterocycles. The van der Waals surface area contributed by atoms with Gasteiger partial charge in [0.1, 0.15) is 23.9 Å². The molecule has 1 aliphatic heterocycles. The minimum absolute atomic E-state index is 0. The topological polar surface area (TPSA) is 169 Å². The number of ether oxygens (including phenoxy) is 1. The van der Waals surface area contributed by atoms with Crippen molar-refractivity contribution in [2.24, 2.45) is 0 Å². The normalized spacial score (nSPS) is 16.3. The summed E-state index contributed by atoms with van der Waals surface area (Å²) in [5.41, 5.74) is 2.31. The zero-order valence-electron chi connectivity index (χ0n) is 26.9. The monoisotopic (exact) mass is 679 g/mol. The molecule has 6 N–H and O–H groups in total. The number of aliphatic carboxylic acids is 1. The maximum absolute atomic E-state index is 13.3. The maximum Gasteiger partial charge on any atom is 0.322 e. The van der Waals surface area contributed by atoms with Crippen LogP contribution in [0.5, 0.6) is 0 Å². The number of nitrogens with zero attached hydrogens (tertiary/aromatic N) is 1. The number of halogens is 1. The van der Waals surface area contributed by atoms with Crippen molar-refractivity contribution < 1.29 is 43.9 Å². The number of carbonyl (C=O) groups is 3. The lowest BCUT2D eigenvalue weighted by atomic mass is 9.92. The number of benzene rings is 2. The molecule has 0 bridgehead atoms. The SMILES string of the molecule is C.CC.CC/C(=C\C(O)=C(/C)C1C(SCC(O)c2ccc(F)cc2)CN1c1ccccc1)OCC(=O)NCC(=O)NCC(=O)O.CO. The molecule has 1 heterocycles. The highest BCUT2D eigenvalue weighted by molar-refractivity contribution is 8.00. The third-order valence-corrected chi connectivity index (χ3v) is 7.98. The van der Waals surface area contributed by atoms with Crippen LogP contribution in [0.25, 0.3) is 0 Å². The quantitative estimate of drug-likeness (QED) is 0.116. The molecule has 3 atom stereocenters. The fourth-order valence-corrected chi connectivity index (χ4v) is 5.72. The molecule has 0 radical (unpaired) electrons. The highest BCUT2D eigenvalue weighted by Crippen LogP contribution is 2.39. The number of carboxylic acid groups (broad SMARTS) is 1. The van der Waals surface area contributed by atoms with Gasteiger partial charge in [-0.15, -0.1) is 0 Å². The Bertz CT molecular complexity index is 1290. The summed E-state index contributed by atoms with van der Waals surface area (Å²) < 4.78 is 18.8. The van der Waals surface area contributed by atoms with E-state index in [2.05, 4.69) is 15.5 Å². The van der Waals surface area contributed by atoms with Crippen molar-refractivity contribution in [3.8, 4) is 0 Å². The van der Waals surface area contributed by atoms with E-state index in [1.54, 1.807) is 30.8 Å². The van der Waals surface area contributed by atoms with Gasteiger partial charge in [-0.05, 0) is 42.3 Å². The van der Waals surface area contributed by atoms with E-state index in [1.165, 1.54) is 18.2 Å². The molecular weight excluding hydrogens is 629 g/mol. The molecule has 0 spiro atoms. The molecule has 0 aromatic heterocycles. The standard InChI is InChI=1S/C30H36FN3O7S.C2H6.CH4O.CH4/c1-3-23(41-17-28(38)32-14-27(37)33-15-29(39)40)13-24(35)19(2)30-26(16-34(30)22-7-5-4-6-8-22)42-18-25(36)20-9-11-21(31)12-10-20;2*1-2;/h4-13,25-26,30,35-36H,3,14-18H2,1-2H3,(H,32,38)(H,33,37)(H,39,40);1-2H3;2H,1H3;1H4/b23-13+,24-19-;;;. The van der Waals surface area contributed by atoms with Crippen molar-refractivity contribution in [2.45, 2.75) is 58.9 Å². The van der Waals surface area contributed by atoms with Crippen molar-refractivity contribution in [3.05, 3.63) is 89.1 Å². The number of thioether (sulfide) groups is 1. The Kier molecular flexibility index (Phi) is 21.3. The lowest BCUT2D eigenvalue weighted by Crippen LogP contribution is -2.59. The van der Waals surface area contributed by atoms with Crippen LogP contribution in [0.1, 0.15) is 53.2 Å². The molecule has 1 aliphatic rings. The molecule has 0 aliphatic carbocycles. The summed E-state index contributed by atoms with van der Waals surface area (Å²) in [6.07, 6.45) is 1.09. The second kappa shape index (κ2) is 23.3. The third kappa shape index (κ3) is 14.5. The summed E-state index contributed by atoms with van der Waals surface area (Å²) >= 11 is 1.57. The predicted octanol–water partition coefficient (Wildman–Crippen LogP) is 4.58. The van der Waals surface area contributed by atoms with Gasteiger partial charge in [-0.2, -0.15) is 11.8 Å². The molecule has 11 nitrogen and oxygen atoms in total. The number of allylic oxidation sites excluding steroid dienone is 2. The van der Waals surface area contributed by atoms with Crippen LogP contribution in [0.3, 0.4) is 0 Å². The third-order valence-electron chi connectivity index (χ3n) is 6.64. The van der Waals surface area contributed by atoms with Crippen molar-refractivity contribution in [1.29, 1.82) is 0 Å². The summed E-state index contributed by atoms with van der Waals surface area (Å²) in [5.74, 6) is -2.03. The van der Waals surface area contributed by atoms with Crippen LogP contribution in [0.2, 0.25) is 0 Å². The van der Waals surface area contributed by atoms with Gasteiger partial charge in [0.15, 0.2) is 6.61 Å². The zero-order valence-corrected chi connectivity index (χ0v) is 27.7.